The molecule has 0 heterocycles. The van der Waals surface area contributed by atoms with E-state index in [-0.39, 0.29) is 0 Å². The number of hydrogen-bond donors (Lipinski definition) is 0. The van der Waals surface area contributed by atoms with Crippen LogP contribution >= 0.6 is 23.5 Å². The van der Waals surface area contributed by atoms with E-state index < -0.39 is 0 Å². The fraction of sp³-hybridized carbons (Fsp3) is 0.960. The zero-order chi connectivity index (χ0) is 20.5. The molecular weight excluding hydrogens is 380 g/mol. The Labute approximate surface area is 186 Å². The quantitative estimate of drug-likeness (QED) is 0.159. The molecule has 1 nitrogen and oxygen atoms in total. The van der Waals surface area contributed by atoms with E-state index in [0.717, 1.165) is 11.5 Å². The molecule has 0 aliphatic carbocycles. The van der Waals surface area contributed by atoms with Crippen molar-refractivity contribution in [3.8, 4) is 0 Å². The van der Waals surface area contributed by atoms with E-state index in [1.807, 2.05) is 0 Å². The third kappa shape index (κ3) is 24.4. The Morgan fingerprint density at radius 2 is 0.679 bits per heavy atom. The summed E-state index contributed by atoms with van der Waals surface area (Å²) in [5.74, 6) is 2.06. The van der Waals surface area contributed by atoms with Gasteiger partial charge in [0.15, 0.2) is 0 Å². The van der Waals surface area contributed by atoms with Gasteiger partial charge >= 0.3 is 0 Å². The van der Waals surface area contributed by atoms with E-state index in [0.29, 0.717) is 4.45 Å². The van der Waals surface area contributed by atoms with Crippen molar-refractivity contribution in [2.75, 3.05) is 11.5 Å². The molecule has 3 heteroatoms. The number of unbranched alkanes of at least 4 members (excludes halogenated alkanes) is 18. The molecule has 0 aromatic heterocycles. The number of carbonyl (C=O) groups is 1. The Balaban J connectivity index is 3.13. The van der Waals surface area contributed by atoms with Crippen LogP contribution in [-0.2, 0) is 0 Å². The Hall–Kier alpha value is 0.370. The highest BCUT2D eigenvalue weighted by Gasteiger charge is 2.03. The van der Waals surface area contributed by atoms with Crippen LogP contribution in [0.25, 0.3) is 0 Å². The van der Waals surface area contributed by atoms with E-state index in [9.17, 15) is 4.79 Å². The van der Waals surface area contributed by atoms with Gasteiger partial charge in [0.2, 0.25) is 4.45 Å². The maximum absolute atomic E-state index is 11.9. The molecule has 168 valence electrons. The number of rotatable bonds is 22. The van der Waals surface area contributed by atoms with Gasteiger partial charge in [-0.05, 0) is 12.8 Å². The summed E-state index contributed by atoms with van der Waals surface area (Å²) >= 11 is 3.12. The van der Waals surface area contributed by atoms with Gasteiger partial charge in [-0.2, -0.15) is 0 Å². The lowest BCUT2D eigenvalue weighted by molar-refractivity contribution is 0.276. The van der Waals surface area contributed by atoms with Crippen molar-refractivity contribution in [1.29, 1.82) is 0 Å². The Morgan fingerprint density at radius 1 is 0.429 bits per heavy atom. The first kappa shape index (κ1) is 28.4. The predicted molar refractivity (Wildman–Crippen MR) is 134 cm³/mol. The predicted octanol–water partition coefficient (Wildman–Crippen LogP) is 10.4. The summed E-state index contributed by atoms with van der Waals surface area (Å²) in [4.78, 5) is 11.9. The number of thioether (sulfide) groups is 2. The minimum Gasteiger partial charge on any atom is -0.274 e. The fourth-order valence-corrected chi connectivity index (χ4v) is 5.40. The third-order valence-electron chi connectivity index (χ3n) is 5.44. The molecule has 0 bridgehead atoms. The van der Waals surface area contributed by atoms with E-state index in [2.05, 4.69) is 13.8 Å². The van der Waals surface area contributed by atoms with Gasteiger partial charge in [0, 0.05) is 11.5 Å². The largest absolute Gasteiger partial charge is 0.274 e. The van der Waals surface area contributed by atoms with Crippen LogP contribution in [0.2, 0.25) is 0 Å². The van der Waals surface area contributed by atoms with Crippen molar-refractivity contribution in [3.63, 3.8) is 0 Å². The van der Waals surface area contributed by atoms with Crippen LogP contribution in [0.3, 0.4) is 0 Å². The lowest BCUT2D eigenvalue weighted by atomic mass is 10.1. The Morgan fingerprint density at radius 3 is 0.964 bits per heavy atom. The highest BCUT2D eigenvalue weighted by Crippen LogP contribution is 2.21. The molecule has 0 atom stereocenters. The van der Waals surface area contributed by atoms with Crippen LogP contribution in [0.1, 0.15) is 142 Å². The second-order valence-corrected chi connectivity index (χ2v) is 10.7. The highest BCUT2D eigenvalue weighted by molar-refractivity contribution is 8.38. The molecule has 0 fully saturated rings. The Bertz CT molecular complexity index is 279. The van der Waals surface area contributed by atoms with Gasteiger partial charge in [-0.15, -0.1) is 0 Å². The van der Waals surface area contributed by atoms with Crippen LogP contribution in [0, 0.1) is 0 Å². The normalized spacial score (nSPS) is 11.2. The lowest BCUT2D eigenvalue weighted by Crippen LogP contribution is -1.90. The molecule has 0 unspecified atom stereocenters. The smallest absolute Gasteiger partial charge is 0.246 e. The van der Waals surface area contributed by atoms with Crippen LogP contribution in [-0.4, -0.2) is 16.0 Å². The average Bonchev–Trinajstić information content (AvgIpc) is 2.70. The summed E-state index contributed by atoms with van der Waals surface area (Å²) in [6.45, 7) is 4.55. The Kier molecular flexibility index (Phi) is 25.7. The summed E-state index contributed by atoms with van der Waals surface area (Å²) in [6.07, 6.45) is 27.4. The van der Waals surface area contributed by atoms with Gasteiger partial charge in [-0.3, -0.25) is 4.79 Å². The standard InChI is InChI=1S/C25H50OS2/c1-3-5-7-9-11-13-15-17-19-21-23-27-25(26)28-24-22-20-18-16-14-12-10-8-6-4-2/h3-24H2,1-2H3. The van der Waals surface area contributed by atoms with Crippen LogP contribution in [0.4, 0.5) is 4.79 Å². The van der Waals surface area contributed by atoms with Gasteiger partial charge in [-0.1, -0.05) is 153 Å². The number of hydrogen-bond acceptors (Lipinski definition) is 3. The zero-order valence-electron chi connectivity index (χ0n) is 19.3. The van der Waals surface area contributed by atoms with Gasteiger partial charge in [0.05, 0.1) is 0 Å². The van der Waals surface area contributed by atoms with Crippen LogP contribution in [0.5, 0.6) is 0 Å². The van der Waals surface area contributed by atoms with Gasteiger partial charge in [0.25, 0.3) is 0 Å². The highest BCUT2D eigenvalue weighted by atomic mass is 32.2. The van der Waals surface area contributed by atoms with Crippen molar-refractivity contribution in [1.82, 2.24) is 0 Å². The average molecular weight is 431 g/mol. The topological polar surface area (TPSA) is 17.1 Å². The van der Waals surface area contributed by atoms with Crippen LogP contribution < -0.4 is 0 Å². The summed E-state index contributed by atoms with van der Waals surface area (Å²) in [6, 6.07) is 0. The molecular formula is C25H50OS2. The van der Waals surface area contributed by atoms with Crippen molar-refractivity contribution in [3.05, 3.63) is 0 Å². The van der Waals surface area contributed by atoms with E-state index in [1.54, 1.807) is 23.5 Å². The first-order valence-electron chi connectivity index (χ1n) is 12.6. The molecule has 0 aromatic rings. The SMILES string of the molecule is CCCCCCCCCCCCSC(=O)SCCCCCCCCCCCC. The molecule has 0 aromatic carbocycles. The molecule has 0 saturated carbocycles. The second-order valence-electron chi connectivity index (χ2n) is 8.31. The second kappa shape index (κ2) is 25.4. The number of carbonyl (C=O) groups excluding carboxylic acids is 1. The maximum Gasteiger partial charge on any atom is 0.246 e. The molecule has 0 amide bonds. The third-order valence-corrected chi connectivity index (χ3v) is 7.60. The van der Waals surface area contributed by atoms with Crippen LogP contribution in [0.15, 0.2) is 0 Å². The first-order valence-corrected chi connectivity index (χ1v) is 14.6. The minimum absolute atomic E-state index is 0.354. The summed E-state index contributed by atoms with van der Waals surface area (Å²) in [5, 5.41) is 0. The summed E-state index contributed by atoms with van der Waals surface area (Å²) in [7, 11) is 0. The fourth-order valence-electron chi connectivity index (χ4n) is 3.53. The van der Waals surface area contributed by atoms with Crippen molar-refractivity contribution in [2.45, 2.75) is 142 Å². The van der Waals surface area contributed by atoms with Gasteiger partial charge in [-0.25, -0.2) is 0 Å². The molecule has 0 aliphatic heterocycles. The molecule has 0 spiro atoms. The molecule has 0 rings (SSSR count). The molecule has 0 N–H and O–H groups in total. The monoisotopic (exact) mass is 430 g/mol. The van der Waals surface area contributed by atoms with Gasteiger partial charge in [0.1, 0.15) is 0 Å². The molecule has 28 heavy (non-hydrogen) atoms. The van der Waals surface area contributed by atoms with E-state index in [4.69, 9.17) is 0 Å². The van der Waals surface area contributed by atoms with Gasteiger partial charge < -0.3 is 0 Å². The summed E-state index contributed by atoms with van der Waals surface area (Å²) in [5.41, 5.74) is 0. The minimum atomic E-state index is 0.354. The van der Waals surface area contributed by atoms with E-state index >= 15 is 0 Å². The maximum atomic E-state index is 11.9. The first-order chi connectivity index (χ1) is 13.8. The van der Waals surface area contributed by atoms with E-state index in [1.165, 1.54) is 128 Å². The van der Waals surface area contributed by atoms with Crippen molar-refractivity contribution >= 4 is 28.0 Å². The van der Waals surface area contributed by atoms with Crippen molar-refractivity contribution < 1.29 is 4.79 Å². The summed E-state index contributed by atoms with van der Waals surface area (Å²) < 4.78 is 0.354. The lowest BCUT2D eigenvalue weighted by Gasteiger charge is -2.03. The molecule has 0 radical (unpaired) electrons. The van der Waals surface area contributed by atoms with Crippen molar-refractivity contribution in [2.24, 2.45) is 0 Å². The molecule has 0 aliphatic rings. The molecule has 0 saturated heterocycles. The zero-order valence-corrected chi connectivity index (χ0v) is 20.9.